The maximum atomic E-state index is 12.8. The molecule has 0 aliphatic heterocycles. The minimum atomic E-state index is -2.07. The molecule has 0 radical (unpaired) electrons. The molecule has 170 valence electrons. The van der Waals surface area contributed by atoms with Crippen molar-refractivity contribution < 1.29 is 30.8 Å². The van der Waals surface area contributed by atoms with Crippen LogP contribution in [-0.2, 0) is 6.16 Å². The molecule has 0 spiro atoms. The Labute approximate surface area is 206 Å². The zero-order chi connectivity index (χ0) is 22.2. The van der Waals surface area contributed by atoms with E-state index < -0.39 is 13.9 Å². The van der Waals surface area contributed by atoms with Crippen molar-refractivity contribution in [2.24, 2.45) is 0 Å². The van der Waals surface area contributed by atoms with Gasteiger partial charge in [-0.25, -0.2) is 4.39 Å². The normalized spacial score (nSPS) is 10.8. The van der Waals surface area contributed by atoms with Crippen molar-refractivity contribution in [2.75, 3.05) is 20.4 Å². The zero-order valence-electron chi connectivity index (χ0n) is 18.5. The molecule has 0 aromatic heterocycles. The van der Waals surface area contributed by atoms with E-state index in [0.717, 1.165) is 11.9 Å². The molecule has 0 fully saturated rings. The molecule has 0 saturated carbocycles. The standard InChI is InChI=1S/C28H27FO2P.BrH/c1-30-24-17-15-23(16-18-24)22-32(26-10-4-2-5-11-26,27-12-6-3-7-13-27)28-14-8-9-25(21-28)31-20-19-29;/h2-18,21H,19-20,22H2,1H3;1H/q+1;/p-1/i29-1;. The number of benzene rings is 4. The van der Waals surface area contributed by atoms with E-state index >= 15 is 0 Å². The fourth-order valence-electron chi connectivity index (χ4n) is 4.06. The molecule has 4 rings (SSSR count). The Morgan fingerprint density at radius 2 is 1.24 bits per heavy atom. The first kappa shape index (κ1) is 25.0. The van der Waals surface area contributed by atoms with Gasteiger partial charge in [0.15, 0.2) is 0 Å². The molecule has 5 heteroatoms. The molecular weight excluding hydrogens is 497 g/mol. The summed E-state index contributed by atoms with van der Waals surface area (Å²) in [6.45, 7) is -0.447. The van der Waals surface area contributed by atoms with E-state index in [4.69, 9.17) is 9.47 Å². The van der Waals surface area contributed by atoms with E-state index in [2.05, 4.69) is 84.9 Å². The Balaban J connectivity index is 0.00000306. The van der Waals surface area contributed by atoms with Crippen molar-refractivity contribution in [3.8, 4) is 11.5 Å². The second kappa shape index (κ2) is 12.0. The molecule has 0 aliphatic carbocycles. The van der Waals surface area contributed by atoms with Crippen molar-refractivity contribution in [3.63, 3.8) is 0 Å². The average molecular weight is 524 g/mol. The summed E-state index contributed by atoms with van der Waals surface area (Å²) < 4.78 is 23.8. The Bertz CT molecular complexity index is 1080. The number of hydrogen-bond donors (Lipinski definition) is 0. The van der Waals surface area contributed by atoms with Crippen LogP contribution in [0.15, 0.2) is 109 Å². The molecule has 2 nitrogen and oxygen atoms in total. The summed E-state index contributed by atoms with van der Waals surface area (Å²) in [7, 11) is -0.389. The van der Waals surface area contributed by atoms with E-state index in [-0.39, 0.29) is 23.6 Å². The van der Waals surface area contributed by atoms with Gasteiger partial charge in [0.25, 0.3) is 0 Å². The molecular formula is C28H27BrFO2P. The lowest BCUT2D eigenvalue weighted by Crippen LogP contribution is -3.00. The van der Waals surface area contributed by atoms with E-state index in [1.54, 1.807) is 7.11 Å². The summed E-state index contributed by atoms with van der Waals surface area (Å²) >= 11 is 0. The van der Waals surface area contributed by atoms with Crippen LogP contribution in [0.3, 0.4) is 0 Å². The van der Waals surface area contributed by atoms with E-state index in [9.17, 15) is 4.39 Å². The van der Waals surface area contributed by atoms with Gasteiger partial charge in [-0.15, -0.1) is 0 Å². The molecule has 0 saturated heterocycles. The van der Waals surface area contributed by atoms with E-state index in [1.165, 1.54) is 21.5 Å². The monoisotopic (exact) mass is 523 g/mol. The Kier molecular flexibility index (Phi) is 9.05. The van der Waals surface area contributed by atoms with Crippen molar-refractivity contribution in [3.05, 3.63) is 115 Å². The van der Waals surface area contributed by atoms with Gasteiger partial charge < -0.3 is 26.5 Å². The molecule has 4 aromatic rings. The van der Waals surface area contributed by atoms with Crippen LogP contribution in [0, 0.1) is 0 Å². The van der Waals surface area contributed by atoms with Crippen LogP contribution in [0.25, 0.3) is 0 Å². The summed E-state index contributed by atoms with van der Waals surface area (Å²) in [5.74, 6) is 1.55. The fourth-order valence-corrected chi connectivity index (χ4v) is 8.31. The first-order valence-electron chi connectivity index (χ1n) is 10.7. The molecule has 0 heterocycles. The van der Waals surface area contributed by atoms with Crippen molar-refractivity contribution in [2.45, 2.75) is 6.16 Å². The predicted molar refractivity (Wildman–Crippen MR) is 133 cm³/mol. The van der Waals surface area contributed by atoms with Crippen LogP contribution in [-0.4, -0.2) is 20.4 Å². The first-order valence-corrected chi connectivity index (χ1v) is 12.7. The molecule has 33 heavy (non-hydrogen) atoms. The number of halogens is 2. The molecule has 0 unspecified atom stereocenters. The Morgan fingerprint density at radius 3 is 1.79 bits per heavy atom. The van der Waals surface area contributed by atoms with Crippen LogP contribution >= 0.6 is 7.26 Å². The van der Waals surface area contributed by atoms with Gasteiger partial charge in [0.05, 0.1) is 13.3 Å². The fraction of sp³-hybridized carbons (Fsp3) is 0.143. The average Bonchev–Trinajstić information content (AvgIpc) is 2.87. The largest absolute Gasteiger partial charge is 1.00 e. The maximum Gasteiger partial charge on any atom is 0.123 e. The minimum Gasteiger partial charge on any atom is -1.00 e. The van der Waals surface area contributed by atoms with E-state index in [0.29, 0.717) is 5.75 Å². The highest BCUT2D eigenvalue weighted by Gasteiger charge is 2.45. The number of hydrogen-bond acceptors (Lipinski definition) is 2. The van der Waals surface area contributed by atoms with Gasteiger partial charge in [0, 0.05) is 6.07 Å². The summed E-state index contributed by atoms with van der Waals surface area (Å²) in [6, 6.07) is 37.9. The molecule has 0 bridgehead atoms. The lowest BCUT2D eigenvalue weighted by atomic mass is 10.2. The van der Waals surface area contributed by atoms with Crippen molar-refractivity contribution in [1.82, 2.24) is 0 Å². The molecule has 0 aliphatic rings. The summed E-state index contributed by atoms with van der Waals surface area (Å²) in [6.07, 6.45) is 0.859. The number of ether oxygens (including phenoxy) is 2. The second-order valence-electron chi connectivity index (χ2n) is 7.52. The topological polar surface area (TPSA) is 18.5 Å². The molecule has 0 atom stereocenters. The smallest absolute Gasteiger partial charge is 0.123 e. The summed E-state index contributed by atoms with van der Waals surface area (Å²) in [5.41, 5.74) is 1.24. The van der Waals surface area contributed by atoms with Crippen LogP contribution in [0.1, 0.15) is 5.56 Å². The highest BCUT2D eigenvalue weighted by atomic mass is 79.9. The molecule has 0 amide bonds. The third-order valence-electron chi connectivity index (χ3n) is 5.58. The van der Waals surface area contributed by atoms with Gasteiger partial charge in [-0.05, 0) is 54.1 Å². The van der Waals surface area contributed by atoms with Gasteiger partial charge >= 0.3 is 0 Å². The van der Waals surface area contributed by atoms with Crippen LogP contribution in [0.4, 0.5) is 4.39 Å². The Morgan fingerprint density at radius 1 is 0.667 bits per heavy atom. The third kappa shape index (κ3) is 5.63. The summed E-state index contributed by atoms with van der Waals surface area (Å²) in [5, 5.41) is 3.80. The van der Waals surface area contributed by atoms with Crippen molar-refractivity contribution >= 4 is 23.2 Å². The van der Waals surface area contributed by atoms with Gasteiger partial charge in [0.2, 0.25) is 0 Å². The number of alkyl halides is 1. The van der Waals surface area contributed by atoms with Gasteiger partial charge in [-0.3, -0.25) is 0 Å². The van der Waals surface area contributed by atoms with E-state index in [1.807, 2.05) is 24.3 Å². The predicted octanol–water partition coefficient (Wildman–Crippen LogP) is 2.54. The lowest BCUT2D eigenvalue weighted by molar-refractivity contribution is -0.00000742. The van der Waals surface area contributed by atoms with Crippen LogP contribution < -0.4 is 42.4 Å². The third-order valence-corrected chi connectivity index (χ3v) is 9.94. The Hall–Kier alpha value is -2.68. The van der Waals surface area contributed by atoms with Crippen LogP contribution in [0.2, 0.25) is 0 Å². The zero-order valence-corrected chi connectivity index (χ0v) is 21.0. The highest BCUT2D eigenvalue weighted by Crippen LogP contribution is 2.58. The van der Waals surface area contributed by atoms with Crippen molar-refractivity contribution in [1.29, 1.82) is 0 Å². The maximum absolute atomic E-state index is 12.8. The second-order valence-corrected chi connectivity index (χ2v) is 11.0. The highest BCUT2D eigenvalue weighted by molar-refractivity contribution is 7.95. The van der Waals surface area contributed by atoms with Crippen LogP contribution in [0.5, 0.6) is 11.5 Å². The minimum absolute atomic E-state index is 0. The first-order chi connectivity index (χ1) is 15.8. The summed E-state index contributed by atoms with van der Waals surface area (Å²) in [4.78, 5) is 0. The number of rotatable bonds is 9. The van der Waals surface area contributed by atoms with Gasteiger partial charge in [0.1, 0.15) is 48.0 Å². The number of methoxy groups -OCH3 is 1. The molecule has 4 aromatic carbocycles. The lowest BCUT2D eigenvalue weighted by Gasteiger charge is -2.28. The van der Waals surface area contributed by atoms with Gasteiger partial charge in [-0.2, -0.15) is 0 Å². The van der Waals surface area contributed by atoms with Gasteiger partial charge in [-0.1, -0.05) is 54.6 Å². The SMILES string of the molecule is COc1ccc(C[P+](c2ccccc2)(c2ccccc2)c2cccc(OCC[18F])c2)cc1.[Br-]. The quantitative estimate of drug-likeness (QED) is 0.314. The molecule has 0 N–H and O–H groups in total.